The van der Waals surface area contributed by atoms with Gasteiger partial charge in [-0.1, -0.05) is 25.1 Å². The number of anilines is 1. The number of aryl methyl sites for hydroxylation is 2. The summed E-state index contributed by atoms with van der Waals surface area (Å²) in [6.07, 6.45) is 1.79. The quantitative estimate of drug-likeness (QED) is 0.816. The van der Waals surface area contributed by atoms with Crippen molar-refractivity contribution >= 4 is 21.6 Å². The van der Waals surface area contributed by atoms with E-state index in [1.54, 1.807) is 0 Å². The fraction of sp³-hybridized carbons (Fsp3) is 0.364. The molecule has 2 aromatic carbocycles. The molecule has 1 N–H and O–H groups in total. The van der Waals surface area contributed by atoms with Crippen LogP contribution in [0, 0.1) is 24.2 Å². The topological polar surface area (TPSA) is 90.3 Å². The number of amides is 1. The van der Waals surface area contributed by atoms with Crippen molar-refractivity contribution in [2.45, 2.75) is 38.0 Å². The van der Waals surface area contributed by atoms with Gasteiger partial charge in [-0.2, -0.15) is 9.57 Å². The standard InChI is InChI=1S/C22H25N3O3S/c1-3-18-6-4-5-16(2)21(18)24-22(26)19-11-13-25(14-12-19)29(27,28)20-9-7-17(15-23)8-10-20/h4-10,19H,3,11-14H2,1-2H3,(H,24,26). The third kappa shape index (κ3) is 4.50. The smallest absolute Gasteiger partial charge is 0.243 e. The van der Waals surface area contributed by atoms with Crippen molar-refractivity contribution in [3.63, 3.8) is 0 Å². The number of sulfonamides is 1. The molecule has 2 aromatic rings. The van der Waals surface area contributed by atoms with Crippen LogP contribution in [0.5, 0.6) is 0 Å². The van der Waals surface area contributed by atoms with Crippen molar-refractivity contribution in [2.24, 2.45) is 5.92 Å². The summed E-state index contributed by atoms with van der Waals surface area (Å²) in [5.41, 5.74) is 3.41. The lowest BCUT2D eigenvalue weighted by Gasteiger charge is -2.30. The van der Waals surface area contributed by atoms with Gasteiger partial charge < -0.3 is 5.32 Å². The first kappa shape index (κ1) is 21.0. The summed E-state index contributed by atoms with van der Waals surface area (Å²) in [4.78, 5) is 12.9. The number of nitrogens with zero attached hydrogens (tertiary/aromatic N) is 2. The average Bonchev–Trinajstić information content (AvgIpc) is 2.75. The molecule has 1 amide bonds. The van der Waals surface area contributed by atoms with Crippen molar-refractivity contribution in [1.29, 1.82) is 5.26 Å². The number of hydrogen-bond acceptors (Lipinski definition) is 4. The second-order valence-corrected chi connectivity index (χ2v) is 9.20. The minimum Gasteiger partial charge on any atom is -0.325 e. The Labute approximate surface area is 172 Å². The molecule has 0 aliphatic carbocycles. The molecule has 0 spiro atoms. The summed E-state index contributed by atoms with van der Waals surface area (Å²) < 4.78 is 27.1. The Bertz CT molecular complexity index is 1030. The fourth-order valence-electron chi connectivity index (χ4n) is 3.64. The van der Waals surface area contributed by atoms with Crippen molar-refractivity contribution in [3.05, 3.63) is 59.2 Å². The molecule has 1 fully saturated rings. The first-order valence-electron chi connectivity index (χ1n) is 9.76. The van der Waals surface area contributed by atoms with Crippen LogP contribution in [0.4, 0.5) is 5.69 Å². The van der Waals surface area contributed by atoms with E-state index in [4.69, 9.17) is 5.26 Å². The maximum atomic E-state index is 12.8. The van der Waals surface area contributed by atoms with Crippen LogP contribution in [0.2, 0.25) is 0 Å². The zero-order valence-corrected chi connectivity index (χ0v) is 17.5. The highest BCUT2D eigenvalue weighted by atomic mass is 32.2. The highest BCUT2D eigenvalue weighted by Crippen LogP contribution is 2.27. The SMILES string of the molecule is CCc1cccc(C)c1NC(=O)C1CCN(S(=O)(=O)c2ccc(C#N)cc2)CC1. The van der Waals surface area contributed by atoms with Gasteiger partial charge in [0.2, 0.25) is 15.9 Å². The molecular formula is C22H25N3O3S. The molecule has 1 aliphatic rings. The average molecular weight is 412 g/mol. The van der Waals surface area contributed by atoms with Gasteiger partial charge in [-0.15, -0.1) is 0 Å². The third-order valence-electron chi connectivity index (χ3n) is 5.43. The molecule has 6 nitrogen and oxygen atoms in total. The van der Waals surface area contributed by atoms with Crippen molar-refractivity contribution in [1.82, 2.24) is 4.31 Å². The Kier molecular flexibility index (Phi) is 6.36. The van der Waals surface area contributed by atoms with Gasteiger partial charge in [0.1, 0.15) is 0 Å². The molecule has 1 aliphatic heterocycles. The van der Waals surface area contributed by atoms with E-state index in [0.29, 0.717) is 31.5 Å². The predicted octanol–water partition coefficient (Wildman–Crippen LogP) is 3.47. The van der Waals surface area contributed by atoms with Gasteiger partial charge in [0.25, 0.3) is 0 Å². The van der Waals surface area contributed by atoms with Crippen LogP contribution in [0.25, 0.3) is 0 Å². The van der Waals surface area contributed by atoms with Gasteiger partial charge in [0.15, 0.2) is 0 Å². The van der Waals surface area contributed by atoms with Gasteiger partial charge in [-0.3, -0.25) is 4.79 Å². The molecule has 152 valence electrons. The van der Waals surface area contributed by atoms with Crippen LogP contribution in [-0.4, -0.2) is 31.7 Å². The fourth-order valence-corrected chi connectivity index (χ4v) is 5.11. The molecule has 3 rings (SSSR count). The molecule has 7 heteroatoms. The van der Waals surface area contributed by atoms with E-state index in [1.807, 2.05) is 31.2 Å². The summed E-state index contributed by atoms with van der Waals surface area (Å²) >= 11 is 0. The van der Waals surface area contributed by atoms with E-state index >= 15 is 0 Å². The zero-order valence-electron chi connectivity index (χ0n) is 16.7. The highest BCUT2D eigenvalue weighted by Gasteiger charge is 2.32. The lowest BCUT2D eigenvalue weighted by molar-refractivity contribution is -0.120. The van der Waals surface area contributed by atoms with Crippen LogP contribution in [0.1, 0.15) is 36.5 Å². The summed E-state index contributed by atoms with van der Waals surface area (Å²) in [5, 5.41) is 11.9. The Morgan fingerprint density at radius 2 is 1.83 bits per heavy atom. The van der Waals surface area contributed by atoms with Gasteiger partial charge in [0, 0.05) is 24.7 Å². The molecule has 1 heterocycles. The third-order valence-corrected chi connectivity index (χ3v) is 7.35. The highest BCUT2D eigenvalue weighted by molar-refractivity contribution is 7.89. The molecule has 0 unspecified atom stereocenters. The number of benzene rings is 2. The monoisotopic (exact) mass is 411 g/mol. The van der Waals surface area contributed by atoms with Gasteiger partial charge >= 0.3 is 0 Å². The van der Waals surface area contributed by atoms with Gasteiger partial charge in [-0.05, 0) is 61.6 Å². The minimum atomic E-state index is -3.62. The molecule has 29 heavy (non-hydrogen) atoms. The maximum Gasteiger partial charge on any atom is 0.243 e. The normalized spacial score (nSPS) is 15.6. The number of rotatable bonds is 5. The van der Waals surface area contributed by atoms with E-state index < -0.39 is 10.0 Å². The summed E-state index contributed by atoms with van der Waals surface area (Å²) in [5.74, 6) is -0.267. The van der Waals surface area contributed by atoms with E-state index in [0.717, 1.165) is 23.2 Å². The molecular weight excluding hydrogens is 386 g/mol. The summed E-state index contributed by atoms with van der Waals surface area (Å²) in [6, 6.07) is 13.9. The zero-order chi connectivity index (χ0) is 21.0. The van der Waals surface area contributed by atoms with Crippen LogP contribution in [0.3, 0.4) is 0 Å². The summed E-state index contributed by atoms with van der Waals surface area (Å²) in [6.45, 7) is 4.63. The van der Waals surface area contributed by atoms with Crippen LogP contribution in [-0.2, 0) is 21.2 Å². The van der Waals surface area contributed by atoms with Crippen LogP contribution in [0.15, 0.2) is 47.4 Å². The van der Waals surface area contributed by atoms with Crippen molar-refractivity contribution in [2.75, 3.05) is 18.4 Å². The number of nitrogens with one attached hydrogen (secondary N) is 1. The number of carbonyl (C=O) groups is 1. The van der Waals surface area contributed by atoms with Crippen LogP contribution < -0.4 is 5.32 Å². The Morgan fingerprint density at radius 3 is 2.41 bits per heavy atom. The Morgan fingerprint density at radius 1 is 1.17 bits per heavy atom. The van der Waals surface area contributed by atoms with Crippen molar-refractivity contribution < 1.29 is 13.2 Å². The number of para-hydroxylation sites is 1. The molecule has 0 saturated carbocycles. The Hall–Kier alpha value is -2.69. The first-order chi connectivity index (χ1) is 13.9. The van der Waals surface area contributed by atoms with E-state index in [2.05, 4.69) is 12.2 Å². The number of hydrogen-bond donors (Lipinski definition) is 1. The largest absolute Gasteiger partial charge is 0.325 e. The second-order valence-electron chi connectivity index (χ2n) is 7.27. The molecule has 0 atom stereocenters. The van der Waals surface area contributed by atoms with Crippen molar-refractivity contribution in [3.8, 4) is 6.07 Å². The predicted molar refractivity (Wildman–Crippen MR) is 112 cm³/mol. The van der Waals surface area contributed by atoms with E-state index in [9.17, 15) is 13.2 Å². The lowest BCUT2D eigenvalue weighted by atomic mass is 9.96. The van der Waals surface area contributed by atoms with E-state index in [1.165, 1.54) is 28.6 Å². The van der Waals surface area contributed by atoms with E-state index in [-0.39, 0.29) is 16.7 Å². The van der Waals surface area contributed by atoms with Crippen LogP contribution >= 0.6 is 0 Å². The van der Waals surface area contributed by atoms with Gasteiger partial charge in [-0.25, -0.2) is 8.42 Å². The number of piperidine rings is 1. The van der Waals surface area contributed by atoms with Gasteiger partial charge in [0.05, 0.1) is 16.5 Å². The number of nitriles is 1. The molecule has 0 aromatic heterocycles. The molecule has 0 radical (unpaired) electrons. The minimum absolute atomic E-state index is 0.0515. The first-order valence-corrected chi connectivity index (χ1v) is 11.2. The molecule has 0 bridgehead atoms. The lowest BCUT2D eigenvalue weighted by Crippen LogP contribution is -2.41. The second kappa shape index (κ2) is 8.76. The molecule has 1 saturated heterocycles. The Balaban J connectivity index is 1.65. The maximum absolute atomic E-state index is 12.8. The summed E-state index contributed by atoms with van der Waals surface area (Å²) in [7, 11) is -3.62. The number of carbonyl (C=O) groups excluding carboxylic acids is 1.